The second-order valence-corrected chi connectivity index (χ2v) is 4.09. The van der Waals surface area contributed by atoms with Crippen LogP contribution in [-0.2, 0) is 6.54 Å². The molecule has 0 heterocycles. The Morgan fingerprint density at radius 3 is 2.35 bits per heavy atom. The van der Waals surface area contributed by atoms with Gasteiger partial charge >= 0.3 is 0 Å². The first-order valence-corrected chi connectivity index (χ1v) is 5.76. The molecule has 104 valence electrons. The predicted octanol–water partition coefficient (Wildman–Crippen LogP) is 2.81. The molecule has 20 heavy (non-hydrogen) atoms. The highest BCUT2D eigenvalue weighted by Crippen LogP contribution is 2.16. The summed E-state index contributed by atoms with van der Waals surface area (Å²) in [6.07, 6.45) is 0. The summed E-state index contributed by atoms with van der Waals surface area (Å²) < 4.78 is 39.0. The molecule has 2 aromatic rings. The molecule has 0 aliphatic heterocycles. The van der Waals surface area contributed by atoms with Gasteiger partial charge in [0.25, 0.3) is 5.91 Å². The van der Waals surface area contributed by atoms with E-state index in [1.807, 2.05) is 0 Å². The van der Waals surface area contributed by atoms with Crippen LogP contribution in [0.3, 0.4) is 0 Å². The number of anilines is 1. The highest BCUT2D eigenvalue weighted by molar-refractivity contribution is 6.04. The normalized spacial score (nSPS) is 10.4. The second-order valence-electron chi connectivity index (χ2n) is 4.09. The van der Waals surface area contributed by atoms with Gasteiger partial charge in [0.1, 0.15) is 5.82 Å². The molecule has 0 bridgehead atoms. The van der Waals surface area contributed by atoms with Crippen molar-refractivity contribution in [3.63, 3.8) is 0 Å². The van der Waals surface area contributed by atoms with Gasteiger partial charge in [-0.1, -0.05) is 0 Å². The molecule has 0 fully saturated rings. The van der Waals surface area contributed by atoms with Gasteiger partial charge in [-0.3, -0.25) is 4.79 Å². The molecule has 0 aliphatic carbocycles. The van der Waals surface area contributed by atoms with Crippen LogP contribution in [0.2, 0.25) is 0 Å². The molecule has 0 saturated carbocycles. The summed E-state index contributed by atoms with van der Waals surface area (Å²) in [6.45, 7) is -0.0132. The Morgan fingerprint density at radius 1 is 1.00 bits per heavy atom. The Balaban J connectivity index is 2.21. The lowest BCUT2D eigenvalue weighted by atomic mass is 10.1. The van der Waals surface area contributed by atoms with E-state index in [2.05, 4.69) is 5.32 Å². The lowest BCUT2D eigenvalue weighted by molar-refractivity contribution is 0.102. The largest absolute Gasteiger partial charge is 0.326 e. The fraction of sp³-hybridized carbons (Fsp3) is 0.0714. The van der Waals surface area contributed by atoms with E-state index in [0.29, 0.717) is 5.69 Å². The van der Waals surface area contributed by atoms with Crippen LogP contribution in [0.25, 0.3) is 0 Å². The van der Waals surface area contributed by atoms with E-state index in [9.17, 15) is 18.0 Å². The molecule has 0 aromatic heterocycles. The van der Waals surface area contributed by atoms with Gasteiger partial charge in [0.15, 0.2) is 11.6 Å². The van der Waals surface area contributed by atoms with Crippen LogP contribution in [0.1, 0.15) is 15.9 Å². The van der Waals surface area contributed by atoms with Crippen molar-refractivity contribution in [3.8, 4) is 0 Å². The zero-order valence-corrected chi connectivity index (χ0v) is 10.3. The average molecular weight is 280 g/mol. The maximum absolute atomic E-state index is 13.2. The number of nitrogens with one attached hydrogen (secondary N) is 1. The van der Waals surface area contributed by atoms with Crippen molar-refractivity contribution >= 4 is 11.6 Å². The maximum Gasteiger partial charge on any atom is 0.255 e. The van der Waals surface area contributed by atoms with Crippen LogP contribution < -0.4 is 11.1 Å². The molecule has 0 spiro atoms. The molecule has 0 atom stereocenters. The van der Waals surface area contributed by atoms with Gasteiger partial charge in [0.2, 0.25) is 0 Å². The first-order valence-electron chi connectivity index (χ1n) is 5.76. The highest BCUT2D eigenvalue weighted by Gasteiger charge is 2.11. The second kappa shape index (κ2) is 5.75. The van der Waals surface area contributed by atoms with E-state index in [1.165, 1.54) is 18.2 Å². The fourth-order valence-corrected chi connectivity index (χ4v) is 1.65. The third-order valence-electron chi connectivity index (χ3n) is 2.71. The summed E-state index contributed by atoms with van der Waals surface area (Å²) in [5, 5.41) is 2.46. The quantitative estimate of drug-likeness (QED) is 0.908. The summed E-state index contributed by atoms with van der Waals surface area (Å²) in [5.41, 5.74) is 5.88. The van der Waals surface area contributed by atoms with Crippen LogP contribution in [0.4, 0.5) is 18.9 Å². The van der Waals surface area contributed by atoms with Gasteiger partial charge in [-0.25, -0.2) is 13.2 Å². The fourth-order valence-electron chi connectivity index (χ4n) is 1.65. The van der Waals surface area contributed by atoms with E-state index in [4.69, 9.17) is 5.73 Å². The lowest BCUT2D eigenvalue weighted by Crippen LogP contribution is -2.13. The Labute approximate surface area is 113 Å². The Hall–Kier alpha value is -2.34. The molecular formula is C14H11F3N2O. The van der Waals surface area contributed by atoms with Gasteiger partial charge < -0.3 is 11.1 Å². The number of carbonyl (C=O) groups excluding carboxylic acids is 1. The van der Waals surface area contributed by atoms with Crippen molar-refractivity contribution in [1.29, 1.82) is 0 Å². The van der Waals surface area contributed by atoms with Crippen LogP contribution in [0.15, 0.2) is 36.4 Å². The minimum atomic E-state index is -1.11. The minimum Gasteiger partial charge on any atom is -0.326 e. The number of carbonyl (C=O) groups is 1. The van der Waals surface area contributed by atoms with Crippen molar-refractivity contribution in [2.75, 3.05) is 5.32 Å². The summed E-state index contributed by atoms with van der Waals surface area (Å²) >= 11 is 0. The molecule has 3 N–H and O–H groups in total. The smallest absolute Gasteiger partial charge is 0.255 e. The lowest BCUT2D eigenvalue weighted by Gasteiger charge is -2.08. The number of hydrogen-bond acceptors (Lipinski definition) is 2. The van der Waals surface area contributed by atoms with Crippen molar-refractivity contribution in [2.45, 2.75) is 6.54 Å². The molecule has 3 nitrogen and oxygen atoms in total. The molecule has 2 aromatic carbocycles. The molecule has 6 heteroatoms. The standard InChI is InChI=1S/C14H11F3N2O/c15-11-4-2-10(5-9(11)7-18)19-14(20)8-1-3-12(16)13(17)6-8/h1-6H,7,18H2,(H,19,20). The van der Waals surface area contributed by atoms with Crippen LogP contribution in [0.5, 0.6) is 0 Å². The molecule has 1 amide bonds. The van der Waals surface area contributed by atoms with Crippen LogP contribution in [-0.4, -0.2) is 5.91 Å². The minimum absolute atomic E-state index is 0.0132. The Morgan fingerprint density at radius 2 is 1.70 bits per heavy atom. The highest BCUT2D eigenvalue weighted by atomic mass is 19.2. The van der Waals surface area contributed by atoms with Crippen molar-refractivity contribution < 1.29 is 18.0 Å². The summed E-state index contributed by atoms with van der Waals surface area (Å²) in [6, 6.07) is 6.71. The number of rotatable bonds is 3. The summed E-state index contributed by atoms with van der Waals surface area (Å²) in [5.74, 6) is -3.25. The molecule has 0 radical (unpaired) electrons. The Bertz CT molecular complexity index is 659. The number of amides is 1. The monoisotopic (exact) mass is 280 g/mol. The average Bonchev–Trinajstić information content (AvgIpc) is 2.43. The molecule has 2 rings (SSSR count). The molecule has 0 aliphatic rings. The van der Waals surface area contributed by atoms with Crippen LogP contribution >= 0.6 is 0 Å². The number of benzene rings is 2. The number of hydrogen-bond donors (Lipinski definition) is 2. The van der Waals surface area contributed by atoms with Gasteiger partial charge in [-0.15, -0.1) is 0 Å². The number of halogens is 3. The van der Waals surface area contributed by atoms with Gasteiger partial charge in [0.05, 0.1) is 0 Å². The maximum atomic E-state index is 13.2. The zero-order valence-electron chi connectivity index (χ0n) is 10.3. The van der Waals surface area contributed by atoms with Gasteiger partial charge in [-0.2, -0.15) is 0 Å². The van der Waals surface area contributed by atoms with Crippen molar-refractivity contribution in [1.82, 2.24) is 0 Å². The van der Waals surface area contributed by atoms with Crippen molar-refractivity contribution in [3.05, 3.63) is 65.0 Å². The Kier molecular flexibility index (Phi) is 4.05. The van der Waals surface area contributed by atoms with E-state index in [-0.39, 0.29) is 17.7 Å². The predicted molar refractivity (Wildman–Crippen MR) is 68.6 cm³/mol. The molecule has 0 unspecified atom stereocenters. The topological polar surface area (TPSA) is 55.1 Å². The summed E-state index contributed by atoms with van der Waals surface area (Å²) in [7, 11) is 0. The van der Waals surface area contributed by atoms with Gasteiger partial charge in [0, 0.05) is 23.4 Å². The third-order valence-corrected chi connectivity index (χ3v) is 2.71. The molecular weight excluding hydrogens is 269 g/mol. The SMILES string of the molecule is NCc1cc(NC(=O)c2ccc(F)c(F)c2)ccc1F. The number of nitrogens with two attached hydrogens (primary N) is 1. The first-order chi connectivity index (χ1) is 9.51. The molecule has 0 saturated heterocycles. The van der Waals surface area contributed by atoms with E-state index in [0.717, 1.165) is 18.2 Å². The van der Waals surface area contributed by atoms with Crippen LogP contribution in [0, 0.1) is 17.5 Å². The van der Waals surface area contributed by atoms with E-state index >= 15 is 0 Å². The zero-order chi connectivity index (χ0) is 14.7. The third kappa shape index (κ3) is 2.97. The van der Waals surface area contributed by atoms with Crippen molar-refractivity contribution in [2.24, 2.45) is 5.73 Å². The van der Waals surface area contributed by atoms with E-state index < -0.39 is 23.4 Å². The first kappa shape index (κ1) is 14.1. The van der Waals surface area contributed by atoms with Gasteiger partial charge in [-0.05, 0) is 36.4 Å². The summed E-state index contributed by atoms with van der Waals surface area (Å²) in [4.78, 5) is 11.8. The van der Waals surface area contributed by atoms with E-state index in [1.54, 1.807) is 0 Å².